The molecule has 0 heterocycles. The van der Waals surface area contributed by atoms with Crippen molar-refractivity contribution < 1.29 is 9.47 Å². The quantitative estimate of drug-likeness (QED) is 0.703. The predicted octanol–water partition coefficient (Wildman–Crippen LogP) is 4.13. The molecular weight excluding hydrogens is 262 g/mol. The lowest BCUT2D eigenvalue weighted by Gasteiger charge is -2.29. The molecule has 3 nitrogen and oxygen atoms in total. The summed E-state index contributed by atoms with van der Waals surface area (Å²) in [7, 11) is 1.67. The van der Waals surface area contributed by atoms with Gasteiger partial charge in [0.2, 0.25) is 0 Å². The molecule has 0 aliphatic rings. The molecular formula is C18H31NO2. The highest BCUT2D eigenvalue weighted by atomic mass is 16.5. The Morgan fingerprint density at radius 3 is 2.29 bits per heavy atom. The minimum absolute atomic E-state index is 0.293. The zero-order chi connectivity index (χ0) is 15.7. The van der Waals surface area contributed by atoms with Crippen LogP contribution in [-0.4, -0.2) is 26.8 Å². The normalized spacial score (nSPS) is 14.0. The maximum Gasteiger partial charge on any atom is 0.119 e. The van der Waals surface area contributed by atoms with E-state index in [1.807, 2.05) is 24.3 Å². The number of methoxy groups -OCH3 is 1. The first kappa shape index (κ1) is 17.8. The lowest BCUT2D eigenvalue weighted by atomic mass is 9.84. The second-order valence-electron chi connectivity index (χ2n) is 6.46. The zero-order valence-corrected chi connectivity index (χ0v) is 14.2. The summed E-state index contributed by atoms with van der Waals surface area (Å²) in [6, 6.07) is 7.77. The van der Waals surface area contributed by atoms with Crippen LogP contribution < -0.4 is 14.8 Å². The van der Waals surface area contributed by atoms with Crippen LogP contribution in [0.3, 0.4) is 0 Å². The van der Waals surface area contributed by atoms with Gasteiger partial charge in [-0.3, -0.25) is 0 Å². The second kappa shape index (κ2) is 8.93. The molecule has 0 aliphatic carbocycles. The van der Waals surface area contributed by atoms with Crippen LogP contribution in [0.5, 0.6) is 11.5 Å². The van der Waals surface area contributed by atoms with Crippen LogP contribution in [0.1, 0.15) is 40.5 Å². The lowest BCUT2D eigenvalue weighted by Crippen LogP contribution is -2.34. The van der Waals surface area contributed by atoms with Gasteiger partial charge in [-0.1, -0.05) is 27.7 Å². The summed E-state index contributed by atoms with van der Waals surface area (Å²) in [5, 5.41) is 3.57. The van der Waals surface area contributed by atoms with Gasteiger partial charge in [-0.05, 0) is 55.0 Å². The van der Waals surface area contributed by atoms with Crippen molar-refractivity contribution in [2.75, 3.05) is 26.8 Å². The molecule has 0 saturated heterocycles. The van der Waals surface area contributed by atoms with Crippen molar-refractivity contribution in [2.45, 2.75) is 40.5 Å². The summed E-state index contributed by atoms with van der Waals surface area (Å²) in [5.74, 6) is 2.46. The van der Waals surface area contributed by atoms with Crippen molar-refractivity contribution in [3.05, 3.63) is 24.3 Å². The topological polar surface area (TPSA) is 30.5 Å². The van der Waals surface area contributed by atoms with Crippen LogP contribution in [0, 0.1) is 11.3 Å². The Kier molecular flexibility index (Phi) is 7.58. The molecule has 0 bridgehead atoms. The molecule has 120 valence electrons. The van der Waals surface area contributed by atoms with E-state index in [9.17, 15) is 0 Å². The first-order valence-corrected chi connectivity index (χ1v) is 7.96. The third kappa shape index (κ3) is 6.85. The fourth-order valence-electron chi connectivity index (χ4n) is 2.14. The summed E-state index contributed by atoms with van der Waals surface area (Å²) in [5.41, 5.74) is 0.293. The minimum atomic E-state index is 0.293. The summed E-state index contributed by atoms with van der Waals surface area (Å²) >= 11 is 0. The highest BCUT2D eigenvalue weighted by Crippen LogP contribution is 2.25. The molecule has 1 unspecified atom stereocenters. The van der Waals surface area contributed by atoms with Crippen LogP contribution in [0.4, 0.5) is 0 Å². The molecule has 1 aromatic rings. The van der Waals surface area contributed by atoms with Crippen molar-refractivity contribution >= 4 is 0 Å². The molecule has 0 fully saturated rings. The van der Waals surface area contributed by atoms with E-state index in [1.54, 1.807) is 7.11 Å². The molecule has 1 N–H and O–H groups in total. The number of benzene rings is 1. The standard InChI is InChI=1S/C18H31NO2/c1-6-18(4,14-19-13-15(2)3)11-12-21-17-9-7-16(20-5)8-10-17/h7-10,15,19H,6,11-14H2,1-5H3. The fourth-order valence-corrected chi connectivity index (χ4v) is 2.14. The number of hydrogen-bond donors (Lipinski definition) is 1. The van der Waals surface area contributed by atoms with Gasteiger partial charge in [-0.2, -0.15) is 0 Å². The highest BCUT2D eigenvalue weighted by molar-refractivity contribution is 5.31. The van der Waals surface area contributed by atoms with Gasteiger partial charge in [-0.25, -0.2) is 0 Å². The predicted molar refractivity (Wildman–Crippen MR) is 89.2 cm³/mol. The summed E-state index contributed by atoms with van der Waals surface area (Å²) in [6.45, 7) is 11.9. The van der Waals surface area contributed by atoms with Gasteiger partial charge in [-0.15, -0.1) is 0 Å². The van der Waals surface area contributed by atoms with Gasteiger partial charge in [0.1, 0.15) is 11.5 Å². The molecule has 0 amide bonds. The van der Waals surface area contributed by atoms with Crippen molar-refractivity contribution in [1.82, 2.24) is 5.32 Å². The molecule has 0 radical (unpaired) electrons. The molecule has 1 atom stereocenters. The summed E-state index contributed by atoms with van der Waals surface area (Å²) in [6.07, 6.45) is 2.21. The Hall–Kier alpha value is -1.22. The van der Waals surface area contributed by atoms with Crippen molar-refractivity contribution in [3.63, 3.8) is 0 Å². The van der Waals surface area contributed by atoms with E-state index in [0.29, 0.717) is 11.3 Å². The fraction of sp³-hybridized carbons (Fsp3) is 0.667. The van der Waals surface area contributed by atoms with Crippen LogP contribution in [0.15, 0.2) is 24.3 Å². The molecule has 0 aliphatic heterocycles. The third-order valence-corrected chi connectivity index (χ3v) is 3.99. The maximum absolute atomic E-state index is 5.85. The first-order chi connectivity index (χ1) is 9.99. The van der Waals surface area contributed by atoms with E-state index in [2.05, 4.69) is 33.0 Å². The monoisotopic (exact) mass is 293 g/mol. The van der Waals surface area contributed by atoms with E-state index >= 15 is 0 Å². The smallest absolute Gasteiger partial charge is 0.119 e. The van der Waals surface area contributed by atoms with Gasteiger partial charge in [0, 0.05) is 6.54 Å². The number of hydrogen-bond acceptors (Lipinski definition) is 3. The summed E-state index contributed by atoms with van der Waals surface area (Å²) < 4.78 is 11.0. The SMILES string of the molecule is CCC(C)(CCOc1ccc(OC)cc1)CNCC(C)C. The van der Waals surface area contributed by atoms with E-state index in [1.165, 1.54) is 0 Å². The van der Waals surface area contributed by atoms with Crippen LogP contribution in [0.2, 0.25) is 0 Å². The van der Waals surface area contributed by atoms with Gasteiger partial charge >= 0.3 is 0 Å². The van der Waals surface area contributed by atoms with Crippen molar-refractivity contribution in [1.29, 1.82) is 0 Å². The van der Waals surface area contributed by atoms with Crippen molar-refractivity contribution in [2.24, 2.45) is 11.3 Å². The molecule has 0 saturated carbocycles. The van der Waals surface area contributed by atoms with Gasteiger partial charge in [0.15, 0.2) is 0 Å². The Morgan fingerprint density at radius 1 is 1.14 bits per heavy atom. The van der Waals surface area contributed by atoms with Crippen LogP contribution in [-0.2, 0) is 0 Å². The molecule has 3 heteroatoms. The molecule has 0 aromatic heterocycles. The largest absolute Gasteiger partial charge is 0.497 e. The number of nitrogens with one attached hydrogen (secondary N) is 1. The van der Waals surface area contributed by atoms with Gasteiger partial charge < -0.3 is 14.8 Å². The highest BCUT2D eigenvalue weighted by Gasteiger charge is 2.21. The van der Waals surface area contributed by atoms with Crippen molar-refractivity contribution in [3.8, 4) is 11.5 Å². The van der Waals surface area contributed by atoms with Gasteiger partial charge in [0.25, 0.3) is 0 Å². The first-order valence-electron chi connectivity index (χ1n) is 7.96. The van der Waals surface area contributed by atoms with Gasteiger partial charge in [0.05, 0.1) is 13.7 Å². The van der Waals surface area contributed by atoms with E-state index in [0.717, 1.165) is 44.0 Å². The van der Waals surface area contributed by atoms with Crippen LogP contribution >= 0.6 is 0 Å². The molecule has 0 spiro atoms. The molecule has 21 heavy (non-hydrogen) atoms. The second-order valence-corrected chi connectivity index (χ2v) is 6.46. The molecule has 1 aromatic carbocycles. The maximum atomic E-state index is 5.85. The van der Waals surface area contributed by atoms with E-state index in [4.69, 9.17) is 9.47 Å². The average molecular weight is 293 g/mol. The Balaban J connectivity index is 2.35. The number of rotatable bonds is 10. The number of ether oxygens (including phenoxy) is 2. The Bertz CT molecular complexity index is 389. The third-order valence-electron chi connectivity index (χ3n) is 3.99. The minimum Gasteiger partial charge on any atom is -0.497 e. The van der Waals surface area contributed by atoms with E-state index in [-0.39, 0.29) is 0 Å². The summed E-state index contributed by atoms with van der Waals surface area (Å²) in [4.78, 5) is 0. The zero-order valence-electron chi connectivity index (χ0n) is 14.2. The Labute approximate surface area is 130 Å². The molecule has 1 rings (SSSR count). The average Bonchev–Trinajstić information content (AvgIpc) is 2.47. The Morgan fingerprint density at radius 2 is 1.76 bits per heavy atom. The lowest BCUT2D eigenvalue weighted by molar-refractivity contribution is 0.198. The van der Waals surface area contributed by atoms with E-state index < -0.39 is 0 Å². The van der Waals surface area contributed by atoms with Crippen LogP contribution in [0.25, 0.3) is 0 Å².